The van der Waals surface area contributed by atoms with E-state index >= 15 is 0 Å². The van der Waals surface area contributed by atoms with E-state index in [2.05, 4.69) is 11.4 Å². The fourth-order valence-corrected chi connectivity index (χ4v) is 3.09. The quantitative estimate of drug-likeness (QED) is 0.727. The fourth-order valence-electron chi connectivity index (χ4n) is 2.31. The van der Waals surface area contributed by atoms with Gasteiger partial charge in [0.2, 0.25) is 0 Å². The Balaban J connectivity index is 1.81. The Hall–Kier alpha value is -0.930. The van der Waals surface area contributed by atoms with Crippen LogP contribution in [0.15, 0.2) is 29.2 Å². The Morgan fingerprint density at radius 3 is 3.13 bits per heavy atom. The zero-order valence-electron chi connectivity index (χ0n) is 8.31. The van der Waals surface area contributed by atoms with Crippen LogP contribution in [0, 0.1) is 5.92 Å². The molecule has 1 aliphatic carbocycles. The lowest BCUT2D eigenvalue weighted by Crippen LogP contribution is -2.20. The second-order valence-electron chi connectivity index (χ2n) is 4.13. The summed E-state index contributed by atoms with van der Waals surface area (Å²) in [5.74, 6) is 0.638. The predicted octanol–water partition coefficient (Wildman–Crippen LogP) is 2.72. The van der Waals surface area contributed by atoms with Crippen molar-refractivity contribution in [2.45, 2.75) is 18.9 Å². The van der Waals surface area contributed by atoms with Crippen molar-refractivity contribution in [3.63, 3.8) is 0 Å². The maximum absolute atomic E-state index is 11.3. The highest BCUT2D eigenvalue weighted by atomic mass is 32.1. The van der Waals surface area contributed by atoms with Crippen molar-refractivity contribution in [1.29, 1.82) is 0 Å². The van der Waals surface area contributed by atoms with Crippen molar-refractivity contribution in [3.8, 4) is 0 Å². The van der Waals surface area contributed by atoms with E-state index in [1.165, 1.54) is 10.5 Å². The van der Waals surface area contributed by atoms with Crippen molar-refractivity contribution in [2.75, 3.05) is 6.61 Å². The Kier molecular flexibility index (Phi) is 2.22. The van der Waals surface area contributed by atoms with Crippen LogP contribution in [0.3, 0.4) is 0 Å². The van der Waals surface area contributed by atoms with Gasteiger partial charge in [0, 0.05) is 23.6 Å². The molecule has 15 heavy (non-hydrogen) atoms. The summed E-state index contributed by atoms with van der Waals surface area (Å²) < 4.78 is 5.80. The number of fused-ring (bicyclic) bond motifs is 1. The highest BCUT2D eigenvalue weighted by Gasteiger charge is 2.32. The summed E-state index contributed by atoms with van der Waals surface area (Å²) in [4.78, 5) is 12.5. The van der Waals surface area contributed by atoms with E-state index in [9.17, 15) is 4.79 Å². The van der Waals surface area contributed by atoms with E-state index in [1.807, 2.05) is 12.1 Å². The monoisotopic (exact) mass is 220 g/mol. The van der Waals surface area contributed by atoms with E-state index in [0.29, 0.717) is 18.9 Å². The van der Waals surface area contributed by atoms with Gasteiger partial charge in [-0.2, -0.15) is 0 Å². The molecule has 0 N–H and O–H groups in total. The molecule has 0 unspecified atom stereocenters. The zero-order chi connectivity index (χ0) is 10.3. The molecule has 1 aromatic heterocycles. The van der Waals surface area contributed by atoms with Gasteiger partial charge in [-0.3, -0.25) is 4.79 Å². The molecular weight excluding hydrogens is 208 g/mol. The Morgan fingerprint density at radius 1 is 1.40 bits per heavy atom. The van der Waals surface area contributed by atoms with E-state index < -0.39 is 0 Å². The fraction of sp³-hybridized carbons (Fsp3) is 0.417. The summed E-state index contributed by atoms with van der Waals surface area (Å²) in [5, 5.41) is 2.07. The molecule has 2 aliphatic rings. The Labute approximate surface area is 92.6 Å². The molecule has 0 spiro atoms. The molecule has 2 atom stereocenters. The van der Waals surface area contributed by atoms with Gasteiger partial charge >= 0.3 is 0 Å². The molecule has 1 aromatic rings. The number of allylic oxidation sites excluding steroid dienone is 1. The van der Waals surface area contributed by atoms with Crippen LogP contribution in [0.2, 0.25) is 0 Å². The third kappa shape index (κ3) is 1.66. The molecular formula is C12H12O2S. The van der Waals surface area contributed by atoms with Crippen molar-refractivity contribution >= 4 is 17.1 Å². The topological polar surface area (TPSA) is 26.3 Å². The minimum Gasteiger partial charge on any atom is -0.372 e. The smallest absolute Gasteiger partial charge is 0.156 e. The summed E-state index contributed by atoms with van der Waals surface area (Å²) in [5.41, 5.74) is 1.30. The van der Waals surface area contributed by atoms with Crippen LogP contribution >= 0.6 is 11.3 Å². The van der Waals surface area contributed by atoms with Crippen LogP contribution < -0.4 is 0 Å². The van der Waals surface area contributed by atoms with Crippen molar-refractivity contribution in [3.05, 3.63) is 34.0 Å². The highest BCUT2D eigenvalue weighted by molar-refractivity contribution is 7.10. The molecule has 2 nitrogen and oxygen atoms in total. The van der Waals surface area contributed by atoms with Gasteiger partial charge in [0.05, 0.1) is 12.7 Å². The lowest BCUT2D eigenvalue weighted by atomic mass is 9.94. The van der Waals surface area contributed by atoms with Crippen molar-refractivity contribution in [1.82, 2.24) is 0 Å². The minimum absolute atomic E-state index is 0.179. The van der Waals surface area contributed by atoms with Gasteiger partial charge in [-0.05, 0) is 17.5 Å². The van der Waals surface area contributed by atoms with Crippen LogP contribution in [-0.4, -0.2) is 12.4 Å². The molecule has 2 heterocycles. The van der Waals surface area contributed by atoms with Gasteiger partial charge in [0.1, 0.15) is 0 Å². The molecule has 1 saturated heterocycles. The predicted molar refractivity (Wildman–Crippen MR) is 58.8 cm³/mol. The van der Waals surface area contributed by atoms with Gasteiger partial charge in [-0.15, -0.1) is 11.3 Å². The van der Waals surface area contributed by atoms with E-state index in [-0.39, 0.29) is 11.9 Å². The molecule has 3 rings (SSSR count). The van der Waals surface area contributed by atoms with Crippen LogP contribution in [0.5, 0.6) is 0 Å². The SMILES string of the molecule is O=C1C=C2C[C@@H](c3cccs3)OC[C@@H]2C1. The van der Waals surface area contributed by atoms with Crippen molar-refractivity contribution in [2.24, 2.45) is 5.92 Å². The third-order valence-electron chi connectivity index (χ3n) is 3.10. The summed E-state index contributed by atoms with van der Waals surface area (Å²) in [7, 11) is 0. The maximum Gasteiger partial charge on any atom is 0.156 e. The first kappa shape index (κ1) is 9.31. The molecule has 0 radical (unpaired) electrons. The number of rotatable bonds is 1. The number of ketones is 1. The highest BCUT2D eigenvalue weighted by Crippen LogP contribution is 2.39. The van der Waals surface area contributed by atoms with Crippen LogP contribution in [-0.2, 0) is 9.53 Å². The molecule has 0 aromatic carbocycles. The first-order valence-corrected chi connectivity index (χ1v) is 6.09. The van der Waals surface area contributed by atoms with Crippen LogP contribution in [0.1, 0.15) is 23.8 Å². The third-order valence-corrected chi connectivity index (χ3v) is 4.06. The first-order valence-electron chi connectivity index (χ1n) is 5.21. The normalized spacial score (nSPS) is 30.1. The standard InChI is InChI=1S/C12H12O2S/c13-10-4-8-6-11(12-2-1-3-15-12)14-7-9(8)5-10/h1-4,9,11H,5-7H2/t9-,11-/m0/s1. The Morgan fingerprint density at radius 2 is 2.33 bits per heavy atom. The van der Waals surface area contributed by atoms with Gasteiger partial charge in [-0.25, -0.2) is 0 Å². The summed E-state index contributed by atoms with van der Waals surface area (Å²) in [6.45, 7) is 0.708. The largest absolute Gasteiger partial charge is 0.372 e. The molecule has 0 amide bonds. The Bertz CT molecular complexity index is 405. The second kappa shape index (κ2) is 3.58. The number of hydrogen-bond donors (Lipinski definition) is 0. The molecule has 1 fully saturated rings. The maximum atomic E-state index is 11.3. The van der Waals surface area contributed by atoms with Crippen molar-refractivity contribution < 1.29 is 9.53 Å². The van der Waals surface area contributed by atoms with Gasteiger partial charge in [0.15, 0.2) is 5.78 Å². The molecule has 1 aliphatic heterocycles. The van der Waals surface area contributed by atoms with E-state index in [1.54, 1.807) is 11.3 Å². The second-order valence-corrected chi connectivity index (χ2v) is 5.11. The van der Waals surface area contributed by atoms with E-state index in [0.717, 1.165) is 6.42 Å². The zero-order valence-corrected chi connectivity index (χ0v) is 9.13. The number of thiophene rings is 1. The number of carbonyl (C=O) groups excluding carboxylic acids is 1. The lowest BCUT2D eigenvalue weighted by Gasteiger charge is -2.27. The lowest BCUT2D eigenvalue weighted by molar-refractivity contribution is -0.115. The summed E-state index contributed by atoms with van der Waals surface area (Å²) in [6, 6.07) is 4.15. The average molecular weight is 220 g/mol. The van der Waals surface area contributed by atoms with Gasteiger partial charge in [0.25, 0.3) is 0 Å². The average Bonchev–Trinajstić information content (AvgIpc) is 2.82. The summed E-state index contributed by atoms with van der Waals surface area (Å²) in [6.07, 6.45) is 3.57. The number of carbonyl (C=O) groups is 1. The van der Waals surface area contributed by atoms with Gasteiger partial charge < -0.3 is 4.74 Å². The molecule has 0 saturated carbocycles. The minimum atomic E-state index is 0.179. The first-order chi connectivity index (χ1) is 7.33. The summed E-state index contributed by atoms with van der Waals surface area (Å²) >= 11 is 1.73. The molecule has 78 valence electrons. The van der Waals surface area contributed by atoms with Gasteiger partial charge in [-0.1, -0.05) is 11.6 Å². The van der Waals surface area contributed by atoms with Crippen LogP contribution in [0.25, 0.3) is 0 Å². The molecule has 3 heteroatoms. The van der Waals surface area contributed by atoms with Crippen LogP contribution in [0.4, 0.5) is 0 Å². The number of ether oxygens (including phenoxy) is 1. The van der Waals surface area contributed by atoms with E-state index in [4.69, 9.17) is 4.74 Å². The molecule has 0 bridgehead atoms. The number of hydrogen-bond acceptors (Lipinski definition) is 3.